The Balaban J connectivity index is 1.79. The highest BCUT2D eigenvalue weighted by Crippen LogP contribution is 2.46. The summed E-state index contributed by atoms with van der Waals surface area (Å²) in [4.78, 5) is 7.39. The predicted molar refractivity (Wildman–Crippen MR) is 137 cm³/mol. The molecule has 1 heterocycles. The maximum atomic E-state index is 4.85. The van der Waals surface area contributed by atoms with Crippen molar-refractivity contribution in [2.45, 2.75) is 16.7 Å². The number of hydrogen-bond acceptors (Lipinski definition) is 2. The van der Waals surface area contributed by atoms with Gasteiger partial charge >= 0.3 is 0 Å². The minimum absolute atomic E-state index is 1.03. The minimum atomic E-state index is 1.03. The lowest BCUT2D eigenvalue weighted by Crippen LogP contribution is -1.92. The molecule has 5 aromatic carbocycles. The summed E-state index contributed by atoms with van der Waals surface area (Å²) < 4.78 is 0. The van der Waals surface area contributed by atoms with Gasteiger partial charge in [0.2, 0.25) is 0 Å². The first-order chi connectivity index (χ1) is 15.8. The van der Waals surface area contributed by atoms with Crippen LogP contribution in [0.3, 0.4) is 0 Å². The van der Waals surface area contributed by atoms with Crippen LogP contribution in [0.4, 0.5) is 0 Å². The number of hydrogen-bond donors (Lipinski definition) is 0. The third kappa shape index (κ3) is 3.16. The van der Waals surface area contributed by atoms with Crippen molar-refractivity contribution in [3.8, 4) is 11.1 Å². The summed E-state index contributed by atoms with van der Waals surface area (Å²) in [5, 5.41) is 6.21. The quantitative estimate of drug-likeness (QED) is 0.207. The number of aryl methyl sites for hydroxylation is 1. The van der Waals surface area contributed by atoms with E-state index < -0.39 is 0 Å². The third-order valence-electron chi connectivity index (χ3n) is 6.02. The van der Waals surface area contributed by atoms with Crippen molar-refractivity contribution in [1.29, 1.82) is 0 Å². The van der Waals surface area contributed by atoms with Crippen LogP contribution < -0.4 is 0 Å². The molecule has 0 aliphatic heterocycles. The van der Waals surface area contributed by atoms with E-state index in [9.17, 15) is 0 Å². The van der Waals surface area contributed by atoms with Crippen molar-refractivity contribution in [1.82, 2.24) is 4.98 Å². The second-order valence-electron chi connectivity index (χ2n) is 8.09. The number of rotatable bonds is 3. The van der Waals surface area contributed by atoms with E-state index in [0.29, 0.717) is 0 Å². The smallest absolute Gasteiger partial charge is 0.0708 e. The summed E-state index contributed by atoms with van der Waals surface area (Å²) in [5.41, 5.74) is 4.78. The Bertz CT molecular complexity index is 1590. The molecule has 6 aromatic rings. The van der Waals surface area contributed by atoms with Gasteiger partial charge in [0.25, 0.3) is 0 Å². The van der Waals surface area contributed by atoms with Crippen LogP contribution in [0.25, 0.3) is 43.6 Å². The highest BCUT2D eigenvalue weighted by molar-refractivity contribution is 7.99. The summed E-state index contributed by atoms with van der Waals surface area (Å²) in [5.74, 6) is 0. The monoisotopic (exact) mass is 427 g/mol. The molecule has 0 saturated carbocycles. The van der Waals surface area contributed by atoms with Gasteiger partial charge in [-0.15, -0.1) is 0 Å². The SMILES string of the molecule is Cc1ccc(Sc2c3ccccc3c(-c3ccccc3)c3cnc4ccccc4c23)cc1. The Kier molecular flexibility index (Phi) is 4.66. The van der Waals surface area contributed by atoms with Crippen LogP contribution in [0.5, 0.6) is 0 Å². The largest absolute Gasteiger partial charge is 0.256 e. The Hall–Kier alpha value is -3.62. The fourth-order valence-electron chi connectivity index (χ4n) is 4.50. The molecule has 0 saturated heterocycles. The molecule has 0 atom stereocenters. The van der Waals surface area contributed by atoms with E-state index in [-0.39, 0.29) is 0 Å². The fourth-order valence-corrected chi connectivity index (χ4v) is 5.62. The normalized spacial score (nSPS) is 11.4. The molecule has 2 heteroatoms. The maximum absolute atomic E-state index is 4.85. The first-order valence-corrected chi connectivity index (χ1v) is 11.6. The molecule has 32 heavy (non-hydrogen) atoms. The van der Waals surface area contributed by atoms with Crippen LogP contribution in [0.15, 0.2) is 119 Å². The molecule has 0 bridgehead atoms. The van der Waals surface area contributed by atoms with Crippen molar-refractivity contribution >= 4 is 44.2 Å². The fraction of sp³-hybridized carbons (Fsp3) is 0.0333. The molecule has 1 nitrogen and oxygen atoms in total. The predicted octanol–water partition coefficient (Wildman–Crippen LogP) is 8.67. The standard InChI is InChI=1S/C30H21NS/c1-20-15-17-22(18-16-20)32-30-24-12-6-5-11-23(24)28(21-9-3-2-4-10-21)26-19-31-27-14-8-7-13-25(27)29(26)30/h2-19H,1H3. The second-order valence-corrected chi connectivity index (χ2v) is 9.18. The Morgan fingerprint density at radius 1 is 0.594 bits per heavy atom. The number of aromatic nitrogens is 1. The van der Waals surface area contributed by atoms with Crippen molar-refractivity contribution in [3.05, 3.63) is 115 Å². The first kappa shape index (κ1) is 19.1. The van der Waals surface area contributed by atoms with E-state index in [1.54, 1.807) is 0 Å². The molecule has 0 aliphatic rings. The summed E-state index contributed by atoms with van der Waals surface area (Å²) >= 11 is 1.85. The molecular formula is C30H21NS. The molecule has 0 spiro atoms. The minimum Gasteiger partial charge on any atom is -0.256 e. The highest BCUT2D eigenvalue weighted by atomic mass is 32.2. The van der Waals surface area contributed by atoms with Crippen LogP contribution in [-0.4, -0.2) is 4.98 Å². The van der Waals surface area contributed by atoms with Crippen LogP contribution >= 0.6 is 11.8 Å². The molecule has 0 fully saturated rings. The van der Waals surface area contributed by atoms with Gasteiger partial charge in [0.1, 0.15) is 0 Å². The third-order valence-corrected chi connectivity index (χ3v) is 7.15. The van der Waals surface area contributed by atoms with Gasteiger partial charge in [-0.2, -0.15) is 0 Å². The van der Waals surface area contributed by atoms with Gasteiger partial charge in [0.15, 0.2) is 0 Å². The molecule has 0 aliphatic carbocycles. The average Bonchev–Trinajstić information content (AvgIpc) is 2.85. The summed E-state index contributed by atoms with van der Waals surface area (Å²) in [7, 11) is 0. The van der Waals surface area contributed by atoms with Crippen LogP contribution in [0, 0.1) is 6.92 Å². The van der Waals surface area contributed by atoms with Gasteiger partial charge in [0, 0.05) is 32.1 Å². The van der Waals surface area contributed by atoms with E-state index in [4.69, 9.17) is 4.98 Å². The maximum Gasteiger partial charge on any atom is 0.0708 e. The number of nitrogens with zero attached hydrogens (tertiary/aromatic N) is 1. The van der Waals surface area contributed by atoms with Crippen LogP contribution in [0.1, 0.15) is 5.56 Å². The van der Waals surface area contributed by atoms with E-state index in [2.05, 4.69) is 116 Å². The molecule has 0 N–H and O–H groups in total. The Morgan fingerprint density at radius 2 is 1.25 bits per heavy atom. The molecule has 0 radical (unpaired) electrons. The summed E-state index contributed by atoms with van der Waals surface area (Å²) in [6.45, 7) is 2.13. The first-order valence-electron chi connectivity index (χ1n) is 10.8. The second kappa shape index (κ2) is 7.81. The van der Waals surface area contributed by atoms with Gasteiger partial charge in [-0.1, -0.05) is 102 Å². The van der Waals surface area contributed by atoms with E-state index in [1.807, 2.05) is 11.8 Å². The van der Waals surface area contributed by atoms with Gasteiger partial charge in [-0.25, -0.2) is 0 Å². The van der Waals surface area contributed by atoms with Gasteiger partial charge in [0.05, 0.1) is 5.52 Å². The van der Waals surface area contributed by atoms with Crippen LogP contribution in [0.2, 0.25) is 0 Å². The number of pyridine rings is 1. The molecule has 6 rings (SSSR count). The van der Waals surface area contributed by atoms with E-state index in [0.717, 1.165) is 5.52 Å². The zero-order valence-corrected chi connectivity index (χ0v) is 18.6. The molecule has 0 unspecified atom stereocenters. The summed E-state index contributed by atoms with van der Waals surface area (Å²) in [6, 6.07) is 36.8. The lowest BCUT2D eigenvalue weighted by molar-refractivity contribution is 1.37. The van der Waals surface area contributed by atoms with E-state index in [1.165, 1.54) is 53.4 Å². The lowest BCUT2D eigenvalue weighted by Gasteiger charge is -2.18. The molecule has 0 amide bonds. The van der Waals surface area contributed by atoms with E-state index >= 15 is 0 Å². The molecule has 1 aromatic heterocycles. The lowest BCUT2D eigenvalue weighted by atomic mass is 9.91. The van der Waals surface area contributed by atoms with Crippen molar-refractivity contribution in [3.63, 3.8) is 0 Å². The van der Waals surface area contributed by atoms with Crippen molar-refractivity contribution in [2.24, 2.45) is 0 Å². The van der Waals surface area contributed by atoms with Crippen LogP contribution in [-0.2, 0) is 0 Å². The van der Waals surface area contributed by atoms with Crippen molar-refractivity contribution < 1.29 is 0 Å². The molecular weight excluding hydrogens is 406 g/mol. The Labute approximate surface area is 191 Å². The topological polar surface area (TPSA) is 12.9 Å². The molecule has 152 valence electrons. The zero-order chi connectivity index (χ0) is 21.5. The van der Waals surface area contributed by atoms with Gasteiger partial charge in [-0.3, -0.25) is 4.98 Å². The summed E-state index contributed by atoms with van der Waals surface area (Å²) in [6.07, 6.45) is 2.06. The average molecular weight is 428 g/mol. The highest BCUT2D eigenvalue weighted by Gasteiger charge is 2.18. The van der Waals surface area contributed by atoms with Gasteiger partial charge < -0.3 is 0 Å². The van der Waals surface area contributed by atoms with Crippen molar-refractivity contribution in [2.75, 3.05) is 0 Å². The number of benzene rings is 5. The zero-order valence-electron chi connectivity index (χ0n) is 17.7. The number of fused-ring (bicyclic) bond motifs is 4. The Morgan fingerprint density at radius 3 is 2.03 bits per heavy atom. The number of para-hydroxylation sites is 1. The van der Waals surface area contributed by atoms with Gasteiger partial charge in [-0.05, 0) is 47.0 Å².